The molecule has 0 bridgehead atoms. The highest BCUT2D eigenvalue weighted by atomic mass is 32.1. The van der Waals surface area contributed by atoms with Crippen molar-refractivity contribution < 1.29 is 14.3 Å². The first-order valence-corrected chi connectivity index (χ1v) is 11.2. The molecule has 1 amide bonds. The molecule has 1 aromatic carbocycles. The molecule has 160 valence electrons. The van der Waals surface area contributed by atoms with Gasteiger partial charge >= 0.3 is 5.97 Å². The number of nitrogens with zero attached hydrogens (tertiary/aromatic N) is 3. The molecule has 0 aliphatic carbocycles. The molecule has 8 heteroatoms. The van der Waals surface area contributed by atoms with E-state index in [1.807, 2.05) is 30.3 Å². The van der Waals surface area contributed by atoms with Crippen LogP contribution in [0, 0.1) is 0 Å². The molecule has 1 fully saturated rings. The minimum Gasteiger partial charge on any atom is -0.462 e. The fourth-order valence-corrected chi connectivity index (χ4v) is 4.47. The standard InChI is InChI=1S/C23H24N4O3S/c1-2-30-22(29)19-18(16-10-5-3-6-11-16)25-23(31-19)26-21(28)17-12-9-13-24-20(17)27-14-7-4-8-15-27/h3,5-6,9-13H,2,4,7-8,14-15H2,1H3,(H,25,26,28). The number of amides is 1. The van der Waals surface area contributed by atoms with Crippen molar-refractivity contribution in [1.82, 2.24) is 9.97 Å². The summed E-state index contributed by atoms with van der Waals surface area (Å²) in [5, 5.41) is 3.21. The third kappa shape index (κ3) is 4.74. The number of pyridine rings is 1. The Morgan fingerprint density at radius 1 is 1.10 bits per heavy atom. The molecule has 3 heterocycles. The van der Waals surface area contributed by atoms with Gasteiger partial charge in [-0.3, -0.25) is 10.1 Å². The number of hydrogen-bond acceptors (Lipinski definition) is 7. The van der Waals surface area contributed by atoms with Gasteiger partial charge in [-0.1, -0.05) is 41.7 Å². The van der Waals surface area contributed by atoms with Crippen LogP contribution in [0.15, 0.2) is 48.7 Å². The van der Waals surface area contributed by atoms with Gasteiger partial charge in [0.25, 0.3) is 5.91 Å². The third-order valence-electron chi connectivity index (χ3n) is 5.04. The van der Waals surface area contributed by atoms with Crippen LogP contribution < -0.4 is 10.2 Å². The minimum atomic E-state index is -0.449. The van der Waals surface area contributed by atoms with E-state index in [-0.39, 0.29) is 12.5 Å². The SMILES string of the molecule is CCOC(=O)c1sc(NC(=O)c2cccnc2N2CCCCC2)nc1-c1ccccc1. The summed E-state index contributed by atoms with van der Waals surface area (Å²) in [5.41, 5.74) is 1.79. The van der Waals surface area contributed by atoms with Gasteiger partial charge in [0, 0.05) is 24.8 Å². The Hall–Kier alpha value is -3.26. The Kier molecular flexibility index (Phi) is 6.57. The minimum absolute atomic E-state index is 0.265. The number of thiazole rings is 1. The van der Waals surface area contributed by atoms with E-state index in [9.17, 15) is 9.59 Å². The van der Waals surface area contributed by atoms with Crippen LogP contribution in [0.25, 0.3) is 11.3 Å². The Bertz CT molecular complexity index is 1060. The zero-order valence-electron chi connectivity index (χ0n) is 17.3. The lowest BCUT2D eigenvalue weighted by atomic mass is 10.1. The molecule has 1 aliphatic heterocycles. The Morgan fingerprint density at radius 2 is 1.87 bits per heavy atom. The van der Waals surface area contributed by atoms with E-state index in [1.54, 1.807) is 25.3 Å². The largest absolute Gasteiger partial charge is 0.462 e. The highest BCUT2D eigenvalue weighted by Gasteiger charge is 2.24. The van der Waals surface area contributed by atoms with Crippen LogP contribution in [-0.4, -0.2) is 41.5 Å². The summed E-state index contributed by atoms with van der Waals surface area (Å²) in [4.78, 5) is 37.1. The van der Waals surface area contributed by atoms with Gasteiger partial charge in [-0.15, -0.1) is 0 Å². The summed E-state index contributed by atoms with van der Waals surface area (Å²) in [7, 11) is 0. The predicted molar refractivity (Wildman–Crippen MR) is 122 cm³/mol. The fourth-order valence-electron chi connectivity index (χ4n) is 3.60. The van der Waals surface area contributed by atoms with Gasteiger partial charge in [0.05, 0.1) is 17.9 Å². The Labute approximate surface area is 185 Å². The van der Waals surface area contributed by atoms with Crippen molar-refractivity contribution in [2.75, 3.05) is 29.9 Å². The quantitative estimate of drug-likeness (QED) is 0.568. The highest BCUT2D eigenvalue weighted by molar-refractivity contribution is 7.18. The molecule has 0 saturated carbocycles. The van der Waals surface area contributed by atoms with Crippen LogP contribution in [-0.2, 0) is 4.74 Å². The molecule has 1 N–H and O–H groups in total. The molecule has 0 spiro atoms. The second-order valence-corrected chi connectivity index (χ2v) is 8.16. The van der Waals surface area contributed by atoms with E-state index in [1.165, 1.54) is 6.42 Å². The lowest BCUT2D eigenvalue weighted by molar-refractivity contribution is 0.0532. The first-order chi connectivity index (χ1) is 15.2. The van der Waals surface area contributed by atoms with Crippen LogP contribution in [0.3, 0.4) is 0 Å². The number of nitrogens with one attached hydrogen (secondary N) is 1. The number of piperidine rings is 1. The highest BCUT2D eigenvalue weighted by Crippen LogP contribution is 2.32. The molecule has 31 heavy (non-hydrogen) atoms. The van der Waals surface area contributed by atoms with Crippen molar-refractivity contribution in [2.45, 2.75) is 26.2 Å². The predicted octanol–water partition coefficient (Wildman–Crippen LogP) is 4.62. The third-order valence-corrected chi connectivity index (χ3v) is 5.99. The normalized spacial score (nSPS) is 13.6. The molecular formula is C23H24N4O3S. The molecule has 3 aromatic rings. The Morgan fingerprint density at radius 3 is 2.61 bits per heavy atom. The van der Waals surface area contributed by atoms with Gasteiger partial charge in [0.2, 0.25) is 0 Å². The molecular weight excluding hydrogens is 412 g/mol. The average molecular weight is 437 g/mol. The van der Waals surface area contributed by atoms with Crippen LogP contribution in [0.5, 0.6) is 0 Å². The monoisotopic (exact) mass is 436 g/mol. The summed E-state index contributed by atoms with van der Waals surface area (Å²) in [6.45, 7) is 3.80. The molecule has 1 saturated heterocycles. The number of aromatic nitrogens is 2. The van der Waals surface area contributed by atoms with Gasteiger partial charge in [-0.2, -0.15) is 0 Å². The van der Waals surface area contributed by atoms with E-state index in [0.29, 0.717) is 27.1 Å². The maximum absolute atomic E-state index is 13.1. The van der Waals surface area contributed by atoms with Crippen LogP contribution in [0.4, 0.5) is 10.9 Å². The lowest BCUT2D eigenvalue weighted by Gasteiger charge is -2.28. The zero-order valence-corrected chi connectivity index (χ0v) is 18.2. The van der Waals surface area contributed by atoms with Crippen molar-refractivity contribution in [3.63, 3.8) is 0 Å². The number of carbonyl (C=O) groups excluding carboxylic acids is 2. The fraction of sp³-hybridized carbons (Fsp3) is 0.304. The maximum Gasteiger partial charge on any atom is 0.350 e. The zero-order chi connectivity index (χ0) is 21.6. The molecule has 2 aromatic heterocycles. The molecule has 0 atom stereocenters. The van der Waals surface area contributed by atoms with E-state index < -0.39 is 5.97 Å². The average Bonchev–Trinajstić information content (AvgIpc) is 3.24. The second kappa shape index (κ2) is 9.70. The number of carbonyl (C=O) groups is 2. The number of benzene rings is 1. The van der Waals surface area contributed by atoms with Crippen molar-refractivity contribution in [3.05, 3.63) is 59.1 Å². The van der Waals surface area contributed by atoms with Crippen molar-refractivity contribution >= 4 is 34.2 Å². The van der Waals surface area contributed by atoms with Gasteiger partial charge in [-0.05, 0) is 38.3 Å². The number of ether oxygens (including phenoxy) is 1. The summed E-state index contributed by atoms with van der Waals surface area (Å²) in [6.07, 6.45) is 5.08. The van der Waals surface area contributed by atoms with Gasteiger partial charge in [0.1, 0.15) is 10.7 Å². The Balaban J connectivity index is 1.63. The topological polar surface area (TPSA) is 84.4 Å². The molecule has 7 nitrogen and oxygen atoms in total. The van der Waals surface area contributed by atoms with Crippen molar-refractivity contribution in [3.8, 4) is 11.3 Å². The molecule has 0 unspecified atom stereocenters. The van der Waals surface area contributed by atoms with Crippen LogP contribution in [0.2, 0.25) is 0 Å². The van der Waals surface area contributed by atoms with Crippen molar-refractivity contribution in [2.24, 2.45) is 0 Å². The van der Waals surface area contributed by atoms with Gasteiger partial charge in [0.15, 0.2) is 5.13 Å². The summed E-state index contributed by atoms with van der Waals surface area (Å²) >= 11 is 1.12. The summed E-state index contributed by atoms with van der Waals surface area (Å²) in [5.74, 6) is -0.0580. The van der Waals surface area contributed by atoms with E-state index >= 15 is 0 Å². The summed E-state index contributed by atoms with van der Waals surface area (Å²) in [6, 6.07) is 12.9. The van der Waals surface area contributed by atoms with Gasteiger partial charge < -0.3 is 9.64 Å². The first-order valence-electron chi connectivity index (χ1n) is 10.4. The number of anilines is 2. The lowest BCUT2D eigenvalue weighted by Crippen LogP contribution is -2.32. The van der Waals surface area contributed by atoms with E-state index in [0.717, 1.165) is 42.8 Å². The smallest absolute Gasteiger partial charge is 0.350 e. The van der Waals surface area contributed by atoms with Crippen LogP contribution in [0.1, 0.15) is 46.2 Å². The number of hydrogen-bond donors (Lipinski definition) is 1. The second-order valence-electron chi connectivity index (χ2n) is 7.16. The van der Waals surface area contributed by atoms with E-state index in [4.69, 9.17) is 4.74 Å². The first kappa shape index (κ1) is 21.0. The molecule has 0 radical (unpaired) electrons. The number of rotatable bonds is 6. The van der Waals surface area contributed by atoms with Crippen molar-refractivity contribution in [1.29, 1.82) is 0 Å². The maximum atomic E-state index is 13.1. The van der Waals surface area contributed by atoms with E-state index in [2.05, 4.69) is 20.2 Å². The van der Waals surface area contributed by atoms with Crippen LogP contribution >= 0.6 is 11.3 Å². The van der Waals surface area contributed by atoms with Gasteiger partial charge in [-0.25, -0.2) is 14.8 Å². The molecule has 4 rings (SSSR count). The number of esters is 1. The molecule has 1 aliphatic rings. The summed E-state index contributed by atoms with van der Waals surface area (Å²) < 4.78 is 5.19.